The summed E-state index contributed by atoms with van der Waals surface area (Å²) in [5, 5.41) is 16.3. The third-order valence-electron chi connectivity index (χ3n) is 2.56. The molecule has 1 aromatic heterocycles. The molecule has 0 unspecified atom stereocenters. The highest BCUT2D eigenvalue weighted by Crippen LogP contribution is 2.19. The van der Waals surface area contributed by atoms with Gasteiger partial charge in [-0.1, -0.05) is 13.8 Å². The number of hydrogen-bond acceptors (Lipinski definition) is 6. The monoisotopic (exact) mass is 296 g/mol. The molecule has 1 rings (SSSR count). The first-order chi connectivity index (χ1) is 9.95. The van der Waals surface area contributed by atoms with Gasteiger partial charge in [-0.05, 0) is 5.92 Å². The molecule has 8 nitrogen and oxygen atoms in total. The van der Waals surface area contributed by atoms with Crippen LogP contribution in [0, 0.1) is 16.0 Å². The van der Waals surface area contributed by atoms with Crippen molar-refractivity contribution in [3.63, 3.8) is 0 Å². The van der Waals surface area contributed by atoms with Gasteiger partial charge < -0.3 is 15.4 Å². The number of aromatic nitrogens is 1. The van der Waals surface area contributed by atoms with E-state index in [0.29, 0.717) is 31.5 Å². The normalized spacial score (nSPS) is 10.5. The molecule has 21 heavy (non-hydrogen) atoms. The van der Waals surface area contributed by atoms with Crippen molar-refractivity contribution in [2.45, 2.75) is 13.8 Å². The van der Waals surface area contributed by atoms with E-state index in [1.165, 1.54) is 6.07 Å². The molecule has 1 aromatic rings. The van der Waals surface area contributed by atoms with Gasteiger partial charge in [0, 0.05) is 26.3 Å². The molecule has 0 bridgehead atoms. The molecule has 0 fully saturated rings. The zero-order chi connectivity index (χ0) is 15.8. The highest BCUT2D eigenvalue weighted by Gasteiger charge is 2.21. The molecule has 0 aliphatic heterocycles. The molecule has 8 heteroatoms. The first-order valence-corrected chi connectivity index (χ1v) is 6.63. The van der Waals surface area contributed by atoms with E-state index >= 15 is 0 Å². The molecule has 2 N–H and O–H groups in total. The van der Waals surface area contributed by atoms with Gasteiger partial charge in [0.15, 0.2) is 0 Å². The highest BCUT2D eigenvalue weighted by atomic mass is 16.6. The van der Waals surface area contributed by atoms with Crippen molar-refractivity contribution in [3.05, 3.63) is 27.9 Å². The van der Waals surface area contributed by atoms with Gasteiger partial charge in [-0.2, -0.15) is 0 Å². The van der Waals surface area contributed by atoms with Gasteiger partial charge in [0.25, 0.3) is 11.6 Å². The summed E-state index contributed by atoms with van der Waals surface area (Å²) in [4.78, 5) is 26.1. The third kappa shape index (κ3) is 5.35. The predicted octanol–water partition coefficient (Wildman–Crippen LogP) is 1.43. The maximum absolute atomic E-state index is 12.0. The van der Waals surface area contributed by atoms with E-state index in [1.54, 1.807) is 7.05 Å². The molecule has 0 aliphatic rings. The van der Waals surface area contributed by atoms with Crippen molar-refractivity contribution in [1.29, 1.82) is 0 Å². The average molecular weight is 296 g/mol. The molecule has 0 saturated carbocycles. The molecule has 0 aliphatic carbocycles. The number of carbonyl (C=O) groups is 1. The Labute approximate surface area is 123 Å². The van der Waals surface area contributed by atoms with Crippen LogP contribution >= 0.6 is 0 Å². The standard InChI is InChI=1S/C13H20N4O4/c1-9(2)8-21-5-4-15-13(18)10-6-12(14-3)16-7-11(10)17(19)20/h6-7,9H,4-5,8H2,1-3H3,(H,14,16)(H,15,18). The van der Waals surface area contributed by atoms with Crippen molar-refractivity contribution in [3.8, 4) is 0 Å². The number of anilines is 1. The van der Waals surface area contributed by atoms with Crippen LogP contribution in [-0.4, -0.2) is 42.6 Å². The van der Waals surface area contributed by atoms with Gasteiger partial charge in [0.1, 0.15) is 17.6 Å². The van der Waals surface area contributed by atoms with Crippen LogP contribution in [0.3, 0.4) is 0 Å². The Morgan fingerprint density at radius 1 is 1.52 bits per heavy atom. The number of carbonyl (C=O) groups excluding carboxylic acids is 1. The second-order valence-corrected chi connectivity index (χ2v) is 4.82. The maximum atomic E-state index is 12.0. The minimum absolute atomic E-state index is 0.0248. The number of nitrogens with zero attached hydrogens (tertiary/aromatic N) is 2. The van der Waals surface area contributed by atoms with Gasteiger partial charge in [-0.3, -0.25) is 14.9 Å². The fourth-order valence-corrected chi connectivity index (χ4v) is 1.56. The van der Waals surface area contributed by atoms with Crippen LogP contribution in [0.2, 0.25) is 0 Å². The lowest BCUT2D eigenvalue weighted by Gasteiger charge is -2.09. The van der Waals surface area contributed by atoms with E-state index in [0.717, 1.165) is 6.20 Å². The second-order valence-electron chi connectivity index (χ2n) is 4.82. The molecule has 0 aromatic carbocycles. The van der Waals surface area contributed by atoms with Crippen LogP contribution in [0.25, 0.3) is 0 Å². The van der Waals surface area contributed by atoms with Crippen LogP contribution in [0.4, 0.5) is 11.5 Å². The van der Waals surface area contributed by atoms with E-state index in [-0.39, 0.29) is 11.3 Å². The summed E-state index contributed by atoms with van der Waals surface area (Å²) >= 11 is 0. The number of amides is 1. The third-order valence-corrected chi connectivity index (χ3v) is 2.56. The van der Waals surface area contributed by atoms with Crippen LogP contribution in [-0.2, 0) is 4.74 Å². The molecular formula is C13H20N4O4. The molecule has 0 spiro atoms. The van der Waals surface area contributed by atoms with E-state index in [9.17, 15) is 14.9 Å². The minimum atomic E-state index is -0.628. The number of ether oxygens (including phenoxy) is 1. The molecule has 1 amide bonds. The van der Waals surface area contributed by atoms with Crippen molar-refractivity contribution in [1.82, 2.24) is 10.3 Å². The fraction of sp³-hybridized carbons (Fsp3) is 0.538. The zero-order valence-corrected chi connectivity index (χ0v) is 12.4. The quantitative estimate of drug-likeness (QED) is 0.427. The molecule has 0 radical (unpaired) electrons. The van der Waals surface area contributed by atoms with E-state index < -0.39 is 10.8 Å². The Kier molecular flexibility index (Phi) is 6.54. The maximum Gasteiger partial charge on any atom is 0.300 e. The first kappa shape index (κ1) is 16.8. The number of pyridine rings is 1. The Hall–Kier alpha value is -2.22. The summed E-state index contributed by atoms with van der Waals surface area (Å²) in [5.74, 6) is 0.288. The molecule has 1 heterocycles. The molecule has 116 valence electrons. The van der Waals surface area contributed by atoms with E-state index in [2.05, 4.69) is 15.6 Å². The van der Waals surface area contributed by atoms with Gasteiger partial charge in [-0.25, -0.2) is 4.98 Å². The van der Waals surface area contributed by atoms with Crippen molar-refractivity contribution in [2.24, 2.45) is 5.92 Å². The lowest BCUT2D eigenvalue weighted by Crippen LogP contribution is -2.28. The first-order valence-electron chi connectivity index (χ1n) is 6.63. The Morgan fingerprint density at radius 3 is 2.81 bits per heavy atom. The number of hydrogen-bond donors (Lipinski definition) is 2. The molecule has 0 atom stereocenters. The Morgan fingerprint density at radius 2 is 2.24 bits per heavy atom. The summed E-state index contributed by atoms with van der Waals surface area (Å²) in [6.07, 6.45) is 1.07. The van der Waals surface area contributed by atoms with Gasteiger partial charge in [0.05, 0.1) is 11.5 Å². The van der Waals surface area contributed by atoms with Crippen LogP contribution in [0.15, 0.2) is 12.3 Å². The van der Waals surface area contributed by atoms with Gasteiger partial charge >= 0.3 is 0 Å². The van der Waals surface area contributed by atoms with Crippen LogP contribution in [0.1, 0.15) is 24.2 Å². The second kappa shape index (κ2) is 8.15. The fourth-order valence-electron chi connectivity index (χ4n) is 1.56. The van der Waals surface area contributed by atoms with Crippen molar-refractivity contribution in [2.75, 3.05) is 32.1 Å². The lowest BCUT2D eigenvalue weighted by atomic mass is 10.2. The van der Waals surface area contributed by atoms with E-state index in [4.69, 9.17) is 4.74 Å². The van der Waals surface area contributed by atoms with Gasteiger partial charge in [-0.15, -0.1) is 0 Å². The van der Waals surface area contributed by atoms with Crippen molar-refractivity contribution < 1.29 is 14.5 Å². The topological polar surface area (TPSA) is 106 Å². The van der Waals surface area contributed by atoms with E-state index in [1.807, 2.05) is 13.8 Å². The molecule has 0 saturated heterocycles. The summed E-state index contributed by atoms with van der Waals surface area (Å²) in [5.41, 5.74) is -0.349. The lowest BCUT2D eigenvalue weighted by molar-refractivity contribution is -0.385. The zero-order valence-electron chi connectivity index (χ0n) is 12.4. The summed E-state index contributed by atoms with van der Waals surface area (Å²) in [7, 11) is 1.62. The number of rotatable bonds is 8. The Bertz CT molecular complexity index is 505. The molecular weight excluding hydrogens is 276 g/mol. The summed E-state index contributed by atoms with van der Waals surface area (Å²) < 4.78 is 5.33. The average Bonchev–Trinajstić information content (AvgIpc) is 2.45. The van der Waals surface area contributed by atoms with Crippen LogP contribution in [0.5, 0.6) is 0 Å². The predicted molar refractivity (Wildman–Crippen MR) is 78.4 cm³/mol. The number of nitro groups is 1. The van der Waals surface area contributed by atoms with Crippen LogP contribution < -0.4 is 10.6 Å². The summed E-state index contributed by atoms with van der Waals surface area (Å²) in [6, 6.07) is 1.35. The SMILES string of the molecule is CNc1cc(C(=O)NCCOCC(C)C)c([N+](=O)[O-])cn1. The minimum Gasteiger partial charge on any atom is -0.379 e. The highest BCUT2D eigenvalue weighted by molar-refractivity contribution is 5.98. The largest absolute Gasteiger partial charge is 0.379 e. The smallest absolute Gasteiger partial charge is 0.300 e. The number of nitrogens with one attached hydrogen (secondary N) is 2. The van der Waals surface area contributed by atoms with Gasteiger partial charge in [0.2, 0.25) is 0 Å². The van der Waals surface area contributed by atoms with Crippen molar-refractivity contribution >= 4 is 17.4 Å². The Balaban J connectivity index is 2.65. The summed E-state index contributed by atoms with van der Waals surface area (Å²) in [6.45, 7) is 5.31.